The molecule has 2 aliphatic heterocycles. The monoisotopic (exact) mass is 652 g/mol. The minimum atomic E-state index is -0.385. The normalized spacial score (nSPS) is 15.5. The molecule has 46 heavy (non-hydrogen) atoms. The molecule has 0 aromatic heterocycles. The summed E-state index contributed by atoms with van der Waals surface area (Å²) in [5, 5.41) is 3.71. The van der Waals surface area contributed by atoms with E-state index in [1.807, 2.05) is 29.2 Å². The van der Waals surface area contributed by atoms with Gasteiger partial charge < -0.3 is 20.9 Å². The van der Waals surface area contributed by atoms with Gasteiger partial charge in [-0.05, 0) is 65.8 Å². The predicted molar refractivity (Wildman–Crippen MR) is 189 cm³/mol. The Kier molecular flexibility index (Phi) is 9.94. The highest BCUT2D eigenvalue weighted by Crippen LogP contribution is 2.35. The van der Waals surface area contributed by atoms with Gasteiger partial charge in [0.05, 0.1) is 17.4 Å². The summed E-state index contributed by atoms with van der Waals surface area (Å²) in [5.74, 6) is -0.474. The average Bonchev–Trinajstić information content (AvgIpc) is 3.10. The number of amides is 2. The number of hydrogen-bond donors (Lipinski definition) is 2. The van der Waals surface area contributed by atoms with Crippen LogP contribution in [0.4, 0.5) is 11.4 Å². The lowest BCUT2D eigenvalue weighted by atomic mass is 9.96. The lowest BCUT2D eigenvalue weighted by Crippen LogP contribution is -2.49. The number of anilines is 2. The van der Waals surface area contributed by atoms with Gasteiger partial charge in [0.25, 0.3) is 11.8 Å². The van der Waals surface area contributed by atoms with Crippen LogP contribution in [0.2, 0.25) is 5.02 Å². The molecule has 0 bridgehead atoms. The summed E-state index contributed by atoms with van der Waals surface area (Å²) < 4.78 is 0. The lowest BCUT2D eigenvalue weighted by Gasteiger charge is -2.41. The molecule has 0 atom stereocenters. The van der Waals surface area contributed by atoms with E-state index in [-0.39, 0.29) is 23.0 Å². The maximum Gasteiger partial charge on any atom is 0.264 e. The fourth-order valence-corrected chi connectivity index (χ4v) is 6.62. The van der Waals surface area contributed by atoms with Crippen LogP contribution in [0, 0.1) is 0 Å². The summed E-state index contributed by atoms with van der Waals surface area (Å²) in [6, 6.07) is 33.4. The number of nitrogens with zero attached hydrogens (tertiary/aromatic N) is 4. The first-order valence-electron chi connectivity index (χ1n) is 15.5. The first-order valence-corrected chi connectivity index (χ1v) is 16.3. The summed E-state index contributed by atoms with van der Waals surface area (Å²) in [5.41, 5.74) is 10.9. The predicted octanol–water partition coefficient (Wildman–Crippen LogP) is 5.19. The Morgan fingerprint density at radius 2 is 1.33 bits per heavy atom. The Balaban J connectivity index is 1.33. The van der Waals surface area contributed by atoms with E-state index in [0.717, 1.165) is 31.9 Å². The van der Waals surface area contributed by atoms with Crippen molar-refractivity contribution in [3.63, 3.8) is 0 Å². The molecule has 236 valence electrons. The Morgan fingerprint density at radius 1 is 0.761 bits per heavy atom. The Labute approximate surface area is 280 Å². The Bertz CT molecular complexity index is 1630. The van der Waals surface area contributed by atoms with E-state index >= 15 is 0 Å². The quantitative estimate of drug-likeness (QED) is 0.266. The zero-order chi connectivity index (χ0) is 32.0. The van der Waals surface area contributed by atoms with Crippen molar-refractivity contribution in [3.8, 4) is 0 Å². The second kappa shape index (κ2) is 14.4. The third-order valence-electron chi connectivity index (χ3n) is 8.63. The highest BCUT2D eigenvalue weighted by Gasteiger charge is 2.31. The molecule has 8 nitrogen and oxygen atoms in total. The summed E-state index contributed by atoms with van der Waals surface area (Å²) >= 11 is 11.6. The first-order chi connectivity index (χ1) is 22.4. The molecule has 0 unspecified atom stereocenters. The van der Waals surface area contributed by atoms with Crippen LogP contribution in [0.5, 0.6) is 0 Å². The summed E-state index contributed by atoms with van der Waals surface area (Å²) in [7, 11) is 0. The van der Waals surface area contributed by atoms with Gasteiger partial charge >= 0.3 is 0 Å². The number of thiocarbonyl (C=S) groups is 1. The van der Waals surface area contributed by atoms with Crippen molar-refractivity contribution in [3.05, 3.63) is 130 Å². The van der Waals surface area contributed by atoms with Gasteiger partial charge in [-0.3, -0.25) is 19.4 Å². The van der Waals surface area contributed by atoms with Crippen molar-refractivity contribution in [2.75, 3.05) is 62.2 Å². The second-order valence-electron chi connectivity index (χ2n) is 11.5. The van der Waals surface area contributed by atoms with Gasteiger partial charge in [0.1, 0.15) is 0 Å². The first kappa shape index (κ1) is 31.7. The zero-order valence-electron chi connectivity index (χ0n) is 25.5. The third kappa shape index (κ3) is 6.93. The molecular formula is C36H37ClN6O2S. The fraction of sp³-hybridized carbons (Fsp3) is 0.250. The third-order valence-corrected chi connectivity index (χ3v) is 9.07. The van der Waals surface area contributed by atoms with Crippen molar-refractivity contribution >= 4 is 52.1 Å². The molecule has 2 saturated heterocycles. The molecule has 3 N–H and O–H groups in total. The van der Waals surface area contributed by atoms with Crippen LogP contribution in [0.1, 0.15) is 37.9 Å². The lowest BCUT2D eigenvalue weighted by molar-refractivity contribution is 0.0735. The molecule has 2 aliphatic rings. The molecule has 6 rings (SSSR count). The molecule has 4 aromatic carbocycles. The molecule has 2 amide bonds. The summed E-state index contributed by atoms with van der Waals surface area (Å²) in [6.45, 7) is 5.68. The Morgan fingerprint density at radius 3 is 1.89 bits per heavy atom. The number of nitrogens with two attached hydrogens (primary N) is 1. The van der Waals surface area contributed by atoms with E-state index in [2.05, 4.69) is 63.6 Å². The van der Waals surface area contributed by atoms with Crippen LogP contribution < -0.4 is 20.9 Å². The van der Waals surface area contributed by atoms with Gasteiger partial charge in [-0.2, -0.15) is 0 Å². The standard InChI is InChI=1S/C36H37ClN6O2S/c37-30-14-11-28(12-15-30)35(45)43(36(38)46)32-25-29(34(44)42-19-17-39-18-20-42)13-16-31(32)40-21-23-41(24-22-40)33(26-7-3-1-4-8-26)27-9-5-2-6-10-27/h1-16,25,33,39H,17-24H2,(H2,38,46). The van der Waals surface area contributed by atoms with E-state index in [1.54, 1.807) is 30.3 Å². The Hall–Kier alpha value is -4.28. The van der Waals surface area contributed by atoms with E-state index in [9.17, 15) is 9.59 Å². The SMILES string of the molecule is NC(=S)N(C(=O)c1ccc(Cl)cc1)c1cc(C(=O)N2CCNCC2)ccc1N1CCN(C(c2ccccc2)c2ccccc2)CC1. The van der Waals surface area contributed by atoms with Crippen LogP contribution in [-0.4, -0.2) is 79.1 Å². The maximum absolute atomic E-state index is 14.0. The van der Waals surface area contributed by atoms with Crippen molar-refractivity contribution in [1.29, 1.82) is 0 Å². The number of nitrogens with one attached hydrogen (secondary N) is 1. The van der Waals surface area contributed by atoms with Crippen LogP contribution in [0.25, 0.3) is 0 Å². The minimum Gasteiger partial charge on any atom is -0.376 e. The topological polar surface area (TPSA) is 85.1 Å². The molecule has 2 heterocycles. The number of piperazine rings is 2. The number of carbonyl (C=O) groups is 2. The number of rotatable bonds is 7. The van der Waals surface area contributed by atoms with E-state index in [4.69, 9.17) is 29.6 Å². The zero-order valence-corrected chi connectivity index (χ0v) is 27.1. The largest absolute Gasteiger partial charge is 0.376 e. The molecule has 0 saturated carbocycles. The van der Waals surface area contributed by atoms with Gasteiger partial charge in [0, 0.05) is 68.5 Å². The van der Waals surface area contributed by atoms with Crippen molar-refractivity contribution in [2.45, 2.75) is 6.04 Å². The van der Waals surface area contributed by atoms with Crippen LogP contribution >= 0.6 is 23.8 Å². The van der Waals surface area contributed by atoms with Crippen molar-refractivity contribution < 1.29 is 9.59 Å². The number of halogens is 1. The fourth-order valence-electron chi connectivity index (χ4n) is 6.31. The number of hydrogen-bond acceptors (Lipinski definition) is 6. The summed E-state index contributed by atoms with van der Waals surface area (Å²) in [6.07, 6.45) is 0. The van der Waals surface area contributed by atoms with Crippen LogP contribution in [-0.2, 0) is 0 Å². The highest BCUT2D eigenvalue weighted by molar-refractivity contribution is 7.80. The molecule has 2 fully saturated rings. The molecule has 0 spiro atoms. The van der Waals surface area contributed by atoms with E-state index in [0.29, 0.717) is 48.0 Å². The molecule has 0 radical (unpaired) electrons. The highest BCUT2D eigenvalue weighted by atomic mass is 35.5. The number of carbonyl (C=O) groups excluding carboxylic acids is 2. The second-order valence-corrected chi connectivity index (χ2v) is 12.3. The maximum atomic E-state index is 14.0. The van der Waals surface area contributed by atoms with Crippen LogP contribution in [0.15, 0.2) is 103 Å². The van der Waals surface area contributed by atoms with Crippen LogP contribution in [0.3, 0.4) is 0 Å². The van der Waals surface area contributed by atoms with Crippen molar-refractivity contribution in [2.24, 2.45) is 5.73 Å². The molecule has 4 aromatic rings. The summed E-state index contributed by atoms with van der Waals surface area (Å²) in [4.78, 5) is 35.5. The van der Waals surface area contributed by atoms with Crippen molar-refractivity contribution in [1.82, 2.24) is 15.1 Å². The van der Waals surface area contributed by atoms with Gasteiger partial charge in [-0.15, -0.1) is 0 Å². The van der Waals surface area contributed by atoms with E-state index < -0.39 is 0 Å². The van der Waals surface area contributed by atoms with Gasteiger partial charge in [-0.1, -0.05) is 72.3 Å². The average molecular weight is 653 g/mol. The molecule has 10 heteroatoms. The van der Waals surface area contributed by atoms with E-state index in [1.165, 1.54) is 16.0 Å². The van der Waals surface area contributed by atoms with Gasteiger partial charge in [0.2, 0.25) is 0 Å². The van der Waals surface area contributed by atoms with Gasteiger partial charge in [-0.25, -0.2) is 0 Å². The smallest absolute Gasteiger partial charge is 0.264 e. The van der Waals surface area contributed by atoms with Gasteiger partial charge in [0.15, 0.2) is 5.11 Å². The molecule has 0 aliphatic carbocycles. The number of benzene rings is 4. The molecular weight excluding hydrogens is 616 g/mol. The minimum absolute atomic E-state index is 0.0884.